The Morgan fingerprint density at radius 2 is 2.00 bits per heavy atom. The number of halogens is 4. The van der Waals surface area contributed by atoms with Crippen molar-refractivity contribution in [2.75, 3.05) is 11.9 Å². The first-order valence-corrected chi connectivity index (χ1v) is 8.19. The van der Waals surface area contributed by atoms with E-state index < -0.39 is 30.8 Å². The maximum atomic E-state index is 12.5. The van der Waals surface area contributed by atoms with Gasteiger partial charge in [-0.15, -0.1) is 0 Å². The van der Waals surface area contributed by atoms with Gasteiger partial charge in [0.2, 0.25) is 0 Å². The van der Waals surface area contributed by atoms with E-state index in [0.29, 0.717) is 11.1 Å². The van der Waals surface area contributed by atoms with Crippen LogP contribution in [0.15, 0.2) is 42.5 Å². The second kappa shape index (κ2) is 7.48. The van der Waals surface area contributed by atoms with Crippen LogP contribution in [0.3, 0.4) is 0 Å². The molecule has 0 saturated carbocycles. The lowest BCUT2D eigenvalue weighted by atomic mass is 9.98. The topological polar surface area (TPSA) is 64.6 Å². The van der Waals surface area contributed by atoms with Crippen molar-refractivity contribution in [1.29, 1.82) is 0 Å². The average Bonchev–Trinajstić information content (AvgIpc) is 2.60. The molecule has 142 valence electrons. The molecule has 1 aliphatic heterocycles. The first-order chi connectivity index (χ1) is 12.7. The first-order valence-electron chi connectivity index (χ1n) is 7.82. The predicted octanol–water partition coefficient (Wildman–Crippen LogP) is 4.00. The summed E-state index contributed by atoms with van der Waals surface area (Å²) in [6.07, 6.45) is -5.52. The van der Waals surface area contributed by atoms with E-state index in [1.165, 1.54) is 18.2 Å². The van der Waals surface area contributed by atoms with Gasteiger partial charge in [0, 0.05) is 11.4 Å². The lowest BCUT2D eigenvalue weighted by Crippen LogP contribution is -2.38. The second-order valence-electron chi connectivity index (χ2n) is 5.79. The van der Waals surface area contributed by atoms with E-state index in [2.05, 4.69) is 5.32 Å². The number of rotatable bonds is 4. The van der Waals surface area contributed by atoms with Crippen molar-refractivity contribution in [2.24, 2.45) is 0 Å². The molecule has 0 bridgehead atoms. The van der Waals surface area contributed by atoms with Gasteiger partial charge >= 0.3 is 12.1 Å². The van der Waals surface area contributed by atoms with E-state index in [1.54, 1.807) is 24.3 Å². The predicted molar refractivity (Wildman–Crippen MR) is 91.0 cm³/mol. The Morgan fingerprint density at radius 3 is 2.74 bits per heavy atom. The molecular formula is C18H13ClF3NO4. The van der Waals surface area contributed by atoms with Crippen LogP contribution in [-0.4, -0.2) is 30.8 Å². The van der Waals surface area contributed by atoms with Gasteiger partial charge in [-0.3, -0.25) is 4.79 Å². The normalized spacial score (nSPS) is 16.3. The van der Waals surface area contributed by atoms with Crippen molar-refractivity contribution in [3.63, 3.8) is 0 Å². The summed E-state index contributed by atoms with van der Waals surface area (Å²) in [5, 5.41) is 2.61. The molecule has 5 nitrogen and oxygen atoms in total. The number of carbonyl (C=O) groups excluding carboxylic acids is 2. The number of carbonyl (C=O) groups is 2. The smallest absolute Gasteiger partial charge is 0.422 e. The monoisotopic (exact) mass is 399 g/mol. The molecule has 1 atom stereocenters. The first kappa shape index (κ1) is 19.0. The van der Waals surface area contributed by atoms with E-state index in [4.69, 9.17) is 21.1 Å². The summed E-state index contributed by atoms with van der Waals surface area (Å²) in [7, 11) is 0. The fraction of sp³-hybridized carbons (Fsp3) is 0.222. The molecule has 0 aromatic heterocycles. The number of hydrogen-bond acceptors (Lipinski definition) is 4. The van der Waals surface area contributed by atoms with Crippen LogP contribution >= 0.6 is 11.6 Å². The lowest BCUT2D eigenvalue weighted by Gasteiger charge is -2.24. The van der Waals surface area contributed by atoms with E-state index >= 15 is 0 Å². The van der Waals surface area contributed by atoms with Gasteiger partial charge in [0.1, 0.15) is 5.75 Å². The maximum Gasteiger partial charge on any atom is 0.422 e. The minimum absolute atomic E-state index is 0.0494. The van der Waals surface area contributed by atoms with Gasteiger partial charge in [0.25, 0.3) is 5.91 Å². The van der Waals surface area contributed by atoms with Crippen molar-refractivity contribution in [3.8, 4) is 5.75 Å². The Balaban J connectivity index is 1.76. The molecule has 0 saturated heterocycles. The molecule has 2 aromatic carbocycles. The van der Waals surface area contributed by atoms with Crippen LogP contribution in [0.1, 0.15) is 15.9 Å². The highest BCUT2D eigenvalue weighted by molar-refractivity contribution is 6.31. The average molecular weight is 400 g/mol. The molecule has 3 rings (SSSR count). The molecule has 1 aliphatic rings. The summed E-state index contributed by atoms with van der Waals surface area (Å²) in [6.45, 7) is -1.52. The summed E-state index contributed by atoms with van der Waals surface area (Å²) in [6, 6.07) is 10.5. The number of amides is 1. The zero-order valence-corrected chi connectivity index (χ0v) is 14.4. The van der Waals surface area contributed by atoms with Crippen LogP contribution in [0.4, 0.5) is 18.9 Å². The number of esters is 1. The third-order valence-corrected chi connectivity index (χ3v) is 4.01. The van der Waals surface area contributed by atoms with E-state index in [9.17, 15) is 22.8 Å². The highest BCUT2D eigenvalue weighted by Gasteiger charge is 2.32. The maximum absolute atomic E-state index is 12.5. The third-order valence-electron chi connectivity index (χ3n) is 3.78. The zero-order valence-electron chi connectivity index (χ0n) is 13.7. The standard InChI is InChI=1S/C18H13ClF3NO4/c19-11-5-6-14(26-9-18(20,21)22)13(8-11)23-16(24)15-7-10-3-1-2-4-12(10)17(25)27-15/h1-6,8,15H,7,9H2,(H,23,24)/t15-/m1/s1. The summed E-state index contributed by atoms with van der Waals surface area (Å²) in [5.41, 5.74) is 0.971. The van der Waals surface area contributed by atoms with Crippen LogP contribution < -0.4 is 10.1 Å². The lowest BCUT2D eigenvalue weighted by molar-refractivity contribution is -0.153. The largest absolute Gasteiger partial charge is 0.482 e. The summed E-state index contributed by atoms with van der Waals surface area (Å²) in [5.74, 6) is -1.54. The fourth-order valence-corrected chi connectivity index (χ4v) is 2.75. The molecule has 1 N–H and O–H groups in total. The van der Waals surface area contributed by atoms with Gasteiger partial charge in [-0.25, -0.2) is 4.79 Å². The summed E-state index contributed by atoms with van der Waals surface area (Å²) in [4.78, 5) is 24.5. The van der Waals surface area contributed by atoms with Gasteiger partial charge in [0.05, 0.1) is 11.3 Å². The molecule has 1 heterocycles. The molecule has 2 aromatic rings. The van der Waals surface area contributed by atoms with E-state index in [-0.39, 0.29) is 22.9 Å². The van der Waals surface area contributed by atoms with Crippen molar-refractivity contribution >= 4 is 29.2 Å². The molecule has 9 heteroatoms. The number of nitrogens with one attached hydrogen (secondary N) is 1. The van der Waals surface area contributed by atoms with E-state index in [1.807, 2.05) is 0 Å². The Morgan fingerprint density at radius 1 is 1.26 bits per heavy atom. The van der Waals surface area contributed by atoms with Crippen molar-refractivity contribution in [2.45, 2.75) is 18.7 Å². The van der Waals surface area contributed by atoms with Crippen LogP contribution in [-0.2, 0) is 16.0 Å². The Kier molecular flexibility index (Phi) is 5.27. The number of ether oxygens (including phenoxy) is 2. The Hall–Kier alpha value is -2.74. The van der Waals surface area contributed by atoms with Crippen molar-refractivity contribution in [1.82, 2.24) is 0 Å². The zero-order chi connectivity index (χ0) is 19.6. The van der Waals surface area contributed by atoms with Crippen LogP contribution in [0, 0.1) is 0 Å². The molecule has 0 unspecified atom stereocenters. The second-order valence-corrected chi connectivity index (χ2v) is 6.23. The summed E-state index contributed by atoms with van der Waals surface area (Å²) < 4.78 is 47.0. The molecule has 0 fully saturated rings. The Bertz CT molecular complexity index is 885. The van der Waals surface area contributed by atoms with Gasteiger partial charge in [-0.1, -0.05) is 29.8 Å². The number of cyclic esters (lactones) is 1. The molecular weight excluding hydrogens is 387 g/mol. The van der Waals surface area contributed by atoms with Crippen LogP contribution in [0.2, 0.25) is 5.02 Å². The Labute approximate surface area is 157 Å². The molecule has 0 radical (unpaired) electrons. The van der Waals surface area contributed by atoms with Crippen molar-refractivity contribution in [3.05, 3.63) is 58.6 Å². The summed E-state index contributed by atoms with van der Waals surface area (Å²) >= 11 is 5.85. The fourth-order valence-electron chi connectivity index (χ4n) is 2.58. The molecule has 0 aliphatic carbocycles. The van der Waals surface area contributed by atoms with Crippen LogP contribution in [0.5, 0.6) is 5.75 Å². The highest BCUT2D eigenvalue weighted by Crippen LogP contribution is 2.30. The number of alkyl halides is 3. The highest BCUT2D eigenvalue weighted by atomic mass is 35.5. The number of hydrogen-bond donors (Lipinski definition) is 1. The third kappa shape index (κ3) is 4.71. The van der Waals surface area contributed by atoms with Crippen LogP contribution in [0.25, 0.3) is 0 Å². The number of benzene rings is 2. The SMILES string of the molecule is O=C1O[C@@H](C(=O)Nc2cc(Cl)ccc2OCC(F)(F)F)Cc2ccccc21. The molecule has 1 amide bonds. The van der Waals surface area contributed by atoms with E-state index in [0.717, 1.165) is 0 Å². The number of anilines is 1. The minimum Gasteiger partial charge on any atom is -0.482 e. The van der Waals surface area contributed by atoms with Crippen molar-refractivity contribution < 1.29 is 32.2 Å². The van der Waals surface area contributed by atoms with Gasteiger partial charge < -0.3 is 14.8 Å². The van der Waals surface area contributed by atoms with Gasteiger partial charge in [0.15, 0.2) is 12.7 Å². The molecule has 27 heavy (non-hydrogen) atoms. The molecule has 0 spiro atoms. The quantitative estimate of drug-likeness (QED) is 0.789. The minimum atomic E-state index is -4.54. The van der Waals surface area contributed by atoms with Gasteiger partial charge in [-0.05, 0) is 29.8 Å². The van der Waals surface area contributed by atoms with Gasteiger partial charge in [-0.2, -0.15) is 13.2 Å². The number of fused-ring (bicyclic) bond motifs is 1.